The Morgan fingerprint density at radius 2 is 1.68 bits per heavy atom. The Balaban J connectivity index is 1.24. The van der Waals surface area contributed by atoms with Crippen LogP contribution in [0.1, 0.15) is 46.4 Å². The van der Waals surface area contributed by atoms with E-state index in [1.807, 2.05) is 0 Å². The first-order valence-electron chi connectivity index (χ1n) is 11.2. The van der Waals surface area contributed by atoms with Gasteiger partial charge < -0.3 is 15.0 Å². The van der Waals surface area contributed by atoms with E-state index in [2.05, 4.69) is 15.2 Å². The number of ketones is 1. The molecule has 1 saturated heterocycles. The SMILES string of the molecule is O=C(C[C@H]1SC(N2CCCCC2)=NC1=O)Nc1ccc(C(=O)OCC(=O)c2ccccc2)cc1. The van der Waals surface area contributed by atoms with Gasteiger partial charge in [-0.3, -0.25) is 14.4 Å². The zero-order valence-electron chi connectivity index (χ0n) is 18.6. The number of esters is 1. The van der Waals surface area contributed by atoms with Gasteiger partial charge in [0.1, 0.15) is 5.25 Å². The maximum absolute atomic E-state index is 12.5. The molecule has 2 heterocycles. The number of carbonyl (C=O) groups is 4. The third kappa shape index (κ3) is 6.11. The number of aliphatic imine (C=N–C) groups is 1. The van der Waals surface area contributed by atoms with E-state index in [-0.39, 0.29) is 36.2 Å². The summed E-state index contributed by atoms with van der Waals surface area (Å²) in [5.74, 6) is -1.49. The van der Waals surface area contributed by atoms with Crippen molar-refractivity contribution in [1.29, 1.82) is 0 Å². The zero-order chi connectivity index (χ0) is 23.9. The van der Waals surface area contributed by atoms with Crippen LogP contribution in [0.5, 0.6) is 0 Å². The highest BCUT2D eigenvalue weighted by atomic mass is 32.2. The van der Waals surface area contributed by atoms with Gasteiger partial charge in [-0.15, -0.1) is 0 Å². The monoisotopic (exact) mass is 479 g/mol. The lowest BCUT2D eigenvalue weighted by Gasteiger charge is -2.27. The maximum Gasteiger partial charge on any atom is 0.338 e. The van der Waals surface area contributed by atoms with Gasteiger partial charge in [-0.1, -0.05) is 42.1 Å². The van der Waals surface area contributed by atoms with Crippen LogP contribution in [-0.2, 0) is 14.3 Å². The number of carbonyl (C=O) groups excluding carboxylic acids is 4. The summed E-state index contributed by atoms with van der Waals surface area (Å²) in [6.07, 6.45) is 3.39. The van der Waals surface area contributed by atoms with Crippen molar-refractivity contribution in [2.45, 2.75) is 30.9 Å². The molecule has 2 aliphatic heterocycles. The summed E-state index contributed by atoms with van der Waals surface area (Å²) in [4.78, 5) is 55.3. The minimum atomic E-state index is -0.627. The Morgan fingerprint density at radius 1 is 0.971 bits per heavy atom. The first-order chi connectivity index (χ1) is 16.5. The number of amides is 2. The Bertz CT molecular complexity index is 1100. The fourth-order valence-electron chi connectivity index (χ4n) is 3.72. The van der Waals surface area contributed by atoms with E-state index in [0.29, 0.717) is 11.3 Å². The molecule has 0 aromatic heterocycles. The van der Waals surface area contributed by atoms with Crippen LogP contribution in [0.4, 0.5) is 5.69 Å². The normalized spacial score (nSPS) is 17.8. The number of likely N-dealkylation sites (tertiary alicyclic amines) is 1. The molecule has 0 bridgehead atoms. The number of anilines is 1. The third-order valence-electron chi connectivity index (χ3n) is 5.56. The Labute approximate surface area is 201 Å². The molecule has 2 aromatic rings. The number of nitrogens with one attached hydrogen (secondary N) is 1. The molecule has 1 N–H and O–H groups in total. The number of thioether (sulfide) groups is 1. The molecule has 2 amide bonds. The van der Waals surface area contributed by atoms with E-state index in [1.165, 1.54) is 30.3 Å². The Hall–Kier alpha value is -3.46. The van der Waals surface area contributed by atoms with Crippen molar-refractivity contribution in [3.05, 3.63) is 65.7 Å². The predicted molar refractivity (Wildman–Crippen MR) is 130 cm³/mol. The van der Waals surface area contributed by atoms with Crippen molar-refractivity contribution in [1.82, 2.24) is 4.90 Å². The maximum atomic E-state index is 12.5. The van der Waals surface area contributed by atoms with E-state index in [0.717, 1.165) is 31.1 Å². The summed E-state index contributed by atoms with van der Waals surface area (Å²) in [6.45, 7) is 1.44. The summed E-state index contributed by atoms with van der Waals surface area (Å²) in [5, 5.41) is 2.94. The molecule has 1 atom stereocenters. The van der Waals surface area contributed by atoms with Gasteiger partial charge in [0.2, 0.25) is 5.91 Å². The van der Waals surface area contributed by atoms with Gasteiger partial charge in [-0.05, 0) is 43.5 Å². The van der Waals surface area contributed by atoms with Crippen molar-refractivity contribution in [2.75, 3.05) is 25.0 Å². The molecule has 1 fully saturated rings. The number of nitrogens with zero attached hydrogens (tertiary/aromatic N) is 2. The largest absolute Gasteiger partial charge is 0.454 e. The minimum Gasteiger partial charge on any atom is -0.454 e. The lowest BCUT2D eigenvalue weighted by Crippen LogP contribution is -2.33. The molecule has 2 aromatic carbocycles. The summed E-state index contributed by atoms with van der Waals surface area (Å²) in [6, 6.07) is 14.8. The number of piperidine rings is 1. The number of benzene rings is 2. The number of hydrogen-bond acceptors (Lipinski definition) is 7. The van der Waals surface area contributed by atoms with E-state index >= 15 is 0 Å². The number of rotatable bonds is 7. The number of Topliss-reactive ketones (excluding diaryl/α,β-unsaturated/α-hetero) is 1. The number of hydrogen-bond donors (Lipinski definition) is 1. The van der Waals surface area contributed by atoms with Crippen LogP contribution in [0.15, 0.2) is 59.6 Å². The summed E-state index contributed by atoms with van der Waals surface area (Å²) >= 11 is 1.35. The quantitative estimate of drug-likeness (QED) is 0.478. The molecule has 0 unspecified atom stereocenters. The topological polar surface area (TPSA) is 105 Å². The van der Waals surface area contributed by atoms with Crippen LogP contribution in [0, 0.1) is 0 Å². The molecule has 0 saturated carbocycles. The third-order valence-corrected chi connectivity index (χ3v) is 6.77. The molecular weight excluding hydrogens is 454 g/mol. The Kier molecular flexibility index (Phi) is 7.74. The van der Waals surface area contributed by atoms with E-state index in [1.54, 1.807) is 42.5 Å². The molecule has 34 heavy (non-hydrogen) atoms. The van der Waals surface area contributed by atoms with Crippen LogP contribution in [-0.4, -0.2) is 58.6 Å². The fraction of sp³-hybridized carbons (Fsp3) is 0.320. The summed E-state index contributed by atoms with van der Waals surface area (Å²) in [5.41, 5.74) is 1.23. The van der Waals surface area contributed by atoms with Crippen LogP contribution in [0.25, 0.3) is 0 Å². The minimum absolute atomic E-state index is 0.0235. The second-order valence-corrected chi connectivity index (χ2v) is 9.25. The molecule has 8 nitrogen and oxygen atoms in total. The smallest absolute Gasteiger partial charge is 0.338 e. The van der Waals surface area contributed by atoms with Gasteiger partial charge in [-0.2, -0.15) is 4.99 Å². The van der Waals surface area contributed by atoms with Gasteiger partial charge in [0.25, 0.3) is 5.91 Å². The standard InChI is InChI=1S/C25H25N3O5S/c29-20(17-7-3-1-4-8-17)16-33-24(32)18-9-11-19(12-10-18)26-22(30)15-21-23(31)27-25(34-21)28-13-5-2-6-14-28/h1,3-4,7-12,21H,2,5-6,13-16H2,(H,26,30)/t21-/m1/s1. The highest BCUT2D eigenvalue weighted by Gasteiger charge is 2.33. The molecular formula is C25H25N3O5S. The number of amidine groups is 1. The van der Waals surface area contributed by atoms with Crippen LogP contribution in [0.2, 0.25) is 0 Å². The van der Waals surface area contributed by atoms with Gasteiger partial charge in [0.15, 0.2) is 17.6 Å². The fourth-order valence-corrected chi connectivity index (χ4v) is 4.84. The molecule has 2 aliphatic rings. The van der Waals surface area contributed by atoms with Crippen molar-refractivity contribution < 1.29 is 23.9 Å². The first-order valence-corrected chi connectivity index (χ1v) is 12.1. The van der Waals surface area contributed by atoms with Gasteiger partial charge in [0.05, 0.1) is 5.56 Å². The highest BCUT2D eigenvalue weighted by Crippen LogP contribution is 2.29. The molecule has 176 valence electrons. The average molecular weight is 480 g/mol. The van der Waals surface area contributed by atoms with Crippen LogP contribution in [0.3, 0.4) is 0 Å². The zero-order valence-corrected chi connectivity index (χ0v) is 19.4. The van der Waals surface area contributed by atoms with Crippen LogP contribution >= 0.6 is 11.8 Å². The Morgan fingerprint density at radius 3 is 2.38 bits per heavy atom. The summed E-state index contributed by atoms with van der Waals surface area (Å²) < 4.78 is 5.09. The number of ether oxygens (including phenoxy) is 1. The summed E-state index contributed by atoms with van der Waals surface area (Å²) in [7, 11) is 0. The first kappa shape index (κ1) is 23.7. The molecule has 4 rings (SSSR count). The van der Waals surface area contributed by atoms with Gasteiger partial charge >= 0.3 is 5.97 Å². The van der Waals surface area contributed by atoms with Crippen molar-refractivity contribution in [3.63, 3.8) is 0 Å². The predicted octanol–water partition coefficient (Wildman–Crippen LogP) is 3.54. The van der Waals surface area contributed by atoms with Crippen molar-refractivity contribution in [2.24, 2.45) is 4.99 Å². The van der Waals surface area contributed by atoms with Crippen molar-refractivity contribution >= 4 is 46.2 Å². The van der Waals surface area contributed by atoms with Gasteiger partial charge in [-0.25, -0.2) is 4.79 Å². The van der Waals surface area contributed by atoms with Crippen molar-refractivity contribution in [3.8, 4) is 0 Å². The molecule has 0 spiro atoms. The van der Waals surface area contributed by atoms with E-state index in [4.69, 9.17) is 4.74 Å². The average Bonchev–Trinajstić information content (AvgIpc) is 3.23. The molecule has 9 heteroatoms. The lowest BCUT2D eigenvalue weighted by molar-refractivity contribution is -0.121. The van der Waals surface area contributed by atoms with E-state index in [9.17, 15) is 19.2 Å². The second kappa shape index (κ2) is 11.1. The molecule has 0 aliphatic carbocycles. The van der Waals surface area contributed by atoms with Crippen LogP contribution < -0.4 is 5.32 Å². The highest BCUT2D eigenvalue weighted by molar-refractivity contribution is 8.15. The second-order valence-electron chi connectivity index (χ2n) is 8.08. The van der Waals surface area contributed by atoms with Gasteiger partial charge in [0, 0.05) is 30.8 Å². The van der Waals surface area contributed by atoms with E-state index < -0.39 is 11.2 Å². The molecule has 0 radical (unpaired) electrons. The lowest BCUT2D eigenvalue weighted by atomic mass is 10.1.